The molecular formula is C8H16N2O4S. The van der Waals surface area contributed by atoms with E-state index in [9.17, 15) is 13.2 Å². The van der Waals surface area contributed by atoms with Crippen molar-refractivity contribution in [3.05, 3.63) is 0 Å². The highest BCUT2D eigenvalue weighted by Gasteiger charge is 2.30. The van der Waals surface area contributed by atoms with Gasteiger partial charge in [-0.3, -0.25) is 4.18 Å². The minimum atomic E-state index is -3.44. The van der Waals surface area contributed by atoms with E-state index in [0.29, 0.717) is 6.54 Å². The van der Waals surface area contributed by atoms with Gasteiger partial charge in [-0.25, -0.2) is 4.79 Å². The Hall–Kier alpha value is -0.820. The molecule has 0 aliphatic carbocycles. The Morgan fingerprint density at radius 1 is 1.60 bits per heavy atom. The van der Waals surface area contributed by atoms with Gasteiger partial charge in [0.1, 0.15) is 0 Å². The molecule has 2 amide bonds. The van der Waals surface area contributed by atoms with Crippen LogP contribution in [0.25, 0.3) is 0 Å². The number of nitrogens with one attached hydrogen (secondary N) is 1. The van der Waals surface area contributed by atoms with E-state index < -0.39 is 10.1 Å². The molecule has 1 saturated heterocycles. The van der Waals surface area contributed by atoms with Crippen LogP contribution in [0.1, 0.15) is 13.8 Å². The molecule has 0 spiro atoms. The lowest BCUT2D eigenvalue weighted by atomic mass is 10.3. The molecule has 1 heterocycles. The van der Waals surface area contributed by atoms with Gasteiger partial charge in [0.2, 0.25) is 0 Å². The number of carbonyl (C=O) groups excluding carboxylic acids is 1. The Labute approximate surface area is 89.7 Å². The van der Waals surface area contributed by atoms with Crippen LogP contribution in [0.15, 0.2) is 0 Å². The van der Waals surface area contributed by atoms with E-state index >= 15 is 0 Å². The fourth-order valence-electron chi connectivity index (χ4n) is 1.37. The molecule has 1 aliphatic heterocycles. The van der Waals surface area contributed by atoms with Gasteiger partial charge in [0.05, 0.1) is 18.9 Å². The zero-order valence-electron chi connectivity index (χ0n) is 9.06. The maximum absolute atomic E-state index is 11.4. The normalized spacial score (nSPS) is 22.3. The Bertz CT molecular complexity index is 339. The van der Waals surface area contributed by atoms with E-state index in [-0.39, 0.29) is 24.7 Å². The lowest BCUT2D eigenvalue weighted by Crippen LogP contribution is -2.34. The summed E-state index contributed by atoms with van der Waals surface area (Å²) in [4.78, 5) is 13.0. The molecule has 1 fully saturated rings. The van der Waals surface area contributed by atoms with Crippen molar-refractivity contribution in [2.24, 2.45) is 0 Å². The van der Waals surface area contributed by atoms with Crippen LogP contribution in [-0.4, -0.2) is 50.8 Å². The van der Waals surface area contributed by atoms with E-state index in [1.54, 1.807) is 4.90 Å². The largest absolute Gasteiger partial charge is 0.331 e. The van der Waals surface area contributed by atoms with Gasteiger partial charge in [0, 0.05) is 12.6 Å². The maximum atomic E-state index is 11.4. The lowest BCUT2D eigenvalue weighted by molar-refractivity contribution is 0.205. The number of hydrogen-bond donors (Lipinski definition) is 1. The lowest BCUT2D eigenvalue weighted by Gasteiger charge is -2.18. The topological polar surface area (TPSA) is 75.7 Å². The van der Waals surface area contributed by atoms with Crippen molar-refractivity contribution in [2.75, 3.05) is 19.4 Å². The van der Waals surface area contributed by atoms with Crippen LogP contribution in [0, 0.1) is 0 Å². The minimum absolute atomic E-state index is 0.00616. The Kier molecular flexibility index (Phi) is 3.56. The molecule has 1 rings (SSSR count). The van der Waals surface area contributed by atoms with Crippen LogP contribution >= 0.6 is 0 Å². The van der Waals surface area contributed by atoms with Gasteiger partial charge < -0.3 is 10.2 Å². The summed E-state index contributed by atoms with van der Waals surface area (Å²) in [6.45, 7) is 4.28. The fourth-order valence-corrected chi connectivity index (χ4v) is 1.78. The third kappa shape index (κ3) is 3.67. The number of rotatable bonds is 4. The van der Waals surface area contributed by atoms with Crippen molar-refractivity contribution < 1.29 is 17.4 Å². The molecule has 1 N–H and O–H groups in total. The van der Waals surface area contributed by atoms with Crippen molar-refractivity contribution >= 4 is 16.1 Å². The van der Waals surface area contributed by atoms with E-state index in [2.05, 4.69) is 9.50 Å². The quantitative estimate of drug-likeness (QED) is 0.684. The summed E-state index contributed by atoms with van der Waals surface area (Å²) >= 11 is 0. The van der Waals surface area contributed by atoms with Crippen molar-refractivity contribution in [1.82, 2.24) is 10.2 Å². The van der Waals surface area contributed by atoms with Crippen molar-refractivity contribution in [1.29, 1.82) is 0 Å². The molecule has 0 radical (unpaired) electrons. The molecule has 1 aliphatic rings. The summed E-state index contributed by atoms with van der Waals surface area (Å²) in [6.07, 6.45) is 0.990. The zero-order valence-corrected chi connectivity index (χ0v) is 9.87. The van der Waals surface area contributed by atoms with E-state index in [1.807, 2.05) is 13.8 Å². The van der Waals surface area contributed by atoms with Crippen LogP contribution in [-0.2, 0) is 14.3 Å². The number of hydrogen-bond acceptors (Lipinski definition) is 4. The maximum Gasteiger partial charge on any atom is 0.318 e. The first kappa shape index (κ1) is 12.3. The Balaban J connectivity index is 2.46. The second-order valence-corrected chi connectivity index (χ2v) is 5.53. The highest BCUT2D eigenvalue weighted by Crippen LogP contribution is 2.09. The van der Waals surface area contributed by atoms with Gasteiger partial charge in [-0.15, -0.1) is 0 Å². The smallest absolute Gasteiger partial charge is 0.318 e. The second kappa shape index (κ2) is 4.36. The van der Waals surface area contributed by atoms with Crippen LogP contribution < -0.4 is 5.32 Å². The van der Waals surface area contributed by atoms with Crippen molar-refractivity contribution in [2.45, 2.75) is 25.9 Å². The third-order valence-corrected chi connectivity index (χ3v) is 2.68. The van der Waals surface area contributed by atoms with Gasteiger partial charge in [-0.05, 0) is 13.8 Å². The van der Waals surface area contributed by atoms with Gasteiger partial charge in [0.25, 0.3) is 10.1 Å². The SMILES string of the molecule is CC(C)N1CC(COS(C)(=O)=O)NC1=O. The first-order valence-electron chi connectivity index (χ1n) is 4.71. The second-order valence-electron chi connectivity index (χ2n) is 3.88. The minimum Gasteiger partial charge on any atom is -0.331 e. The number of amides is 2. The first-order chi connectivity index (χ1) is 6.79. The molecule has 0 aromatic rings. The predicted octanol–water partition coefficient (Wildman–Crippen LogP) is -0.235. The highest BCUT2D eigenvalue weighted by atomic mass is 32.2. The molecule has 0 aromatic carbocycles. The van der Waals surface area contributed by atoms with Crippen molar-refractivity contribution in [3.63, 3.8) is 0 Å². The molecule has 0 aromatic heterocycles. The number of carbonyl (C=O) groups is 1. The highest BCUT2D eigenvalue weighted by molar-refractivity contribution is 7.85. The average molecular weight is 236 g/mol. The Morgan fingerprint density at radius 2 is 2.20 bits per heavy atom. The number of urea groups is 1. The van der Waals surface area contributed by atoms with Crippen LogP contribution in [0.4, 0.5) is 4.79 Å². The predicted molar refractivity (Wildman–Crippen MR) is 55.0 cm³/mol. The first-order valence-corrected chi connectivity index (χ1v) is 6.53. The van der Waals surface area contributed by atoms with E-state index in [4.69, 9.17) is 0 Å². The molecule has 0 saturated carbocycles. The van der Waals surface area contributed by atoms with Gasteiger partial charge >= 0.3 is 6.03 Å². The van der Waals surface area contributed by atoms with Gasteiger partial charge in [-0.1, -0.05) is 0 Å². The summed E-state index contributed by atoms with van der Waals surface area (Å²) in [5.41, 5.74) is 0. The molecule has 88 valence electrons. The van der Waals surface area contributed by atoms with E-state index in [1.165, 1.54) is 0 Å². The summed E-state index contributed by atoms with van der Waals surface area (Å²) < 4.78 is 26.1. The Morgan fingerprint density at radius 3 is 2.60 bits per heavy atom. The van der Waals surface area contributed by atoms with Crippen molar-refractivity contribution in [3.8, 4) is 0 Å². The summed E-state index contributed by atoms with van der Waals surface area (Å²) in [5.74, 6) is 0. The molecule has 6 nitrogen and oxygen atoms in total. The van der Waals surface area contributed by atoms with Crippen LogP contribution in [0.5, 0.6) is 0 Å². The molecule has 7 heteroatoms. The molecule has 0 bridgehead atoms. The molecule has 15 heavy (non-hydrogen) atoms. The molecule has 1 unspecified atom stereocenters. The van der Waals surface area contributed by atoms with Crippen LogP contribution in [0.2, 0.25) is 0 Å². The van der Waals surface area contributed by atoms with Gasteiger partial charge in [-0.2, -0.15) is 8.42 Å². The fraction of sp³-hybridized carbons (Fsp3) is 0.875. The summed E-state index contributed by atoms with van der Waals surface area (Å²) in [7, 11) is -3.44. The zero-order chi connectivity index (χ0) is 11.6. The number of nitrogens with zero attached hydrogens (tertiary/aromatic N) is 1. The van der Waals surface area contributed by atoms with E-state index in [0.717, 1.165) is 6.26 Å². The van der Waals surface area contributed by atoms with Crippen LogP contribution in [0.3, 0.4) is 0 Å². The molecular weight excluding hydrogens is 220 g/mol. The average Bonchev–Trinajstić information content (AvgIpc) is 2.42. The molecule has 1 atom stereocenters. The monoisotopic (exact) mass is 236 g/mol. The van der Waals surface area contributed by atoms with Gasteiger partial charge in [0.15, 0.2) is 0 Å². The summed E-state index contributed by atoms with van der Waals surface area (Å²) in [5, 5.41) is 2.66. The standard InChI is InChI=1S/C8H16N2O4S/c1-6(2)10-4-7(9-8(10)11)5-14-15(3,12)13/h6-7H,4-5H2,1-3H3,(H,9,11). The summed E-state index contributed by atoms with van der Waals surface area (Å²) in [6, 6.07) is -0.324. The third-order valence-electron chi connectivity index (χ3n) is 2.11.